The van der Waals surface area contributed by atoms with E-state index in [4.69, 9.17) is 4.74 Å². The first kappa shape index (κ1) is 24.7. The van der Waals surface area contributed by atoms with Crippen LogP contribution in [0.4, 0.5) is 22.4 Å². The van der Waals surface area contributed by atoms with Crippen LogP contribution in [0, 0.1) is 5.82 Å². The van der Waals surface area contributed by atoms with E-state index in [-0.39, 0.29) is 49.9 Å². The predicted molar refractivity (Wildman–Crippen MR) is 115 cm³/mol. The average molecular weight is 523 g/mol. The third kappa shape index (κ3) is 4.62. The van der Waals surface area contributed by atoms with Crippen LogP contribution >= 0.6 is 0 Å². The molecule has 3 heterocycles. The third-order valence-electron chi connectivity index (χ3n) is 6.78. The lowest BCUT2D eigenvalue weighted by molar-refractivity contribution is -0.147. The molecule has 1 aliphatic carbocycles. The fourth-order valence-electron chi connectivity index (χ4n) is 4.81. The highest BCUT2D eigenvalue weighted by Crippen LogP contribution is 2.39. The minimum Gasteiger partial charge on any atom is -0.446 e. The second-order valence-electron chi connectivity index (χ2n) is 9.14. The summed E-state index contributed by atoms with van der Waals surface area (Å²) < 4.78 is 60.3. The molecule has 1 aromatic carbocycles. The van der Waals surface area contributed by atoms with Crippen molar-refractivity contribution in [3.63, 3.8) is 0 Å². The summed E-state index contributed by atoms with van der Waals surface area (Å²) >= 11 is 0. The molecule has 1 saturated carbocycles. The summed E-state index contributed by atoms with van der Waals surface area (Å²) in [6, 6.07) is 2.38. The second kappa shape index (κ2) is 9.16. The number of alkyl halides is 3. The van der Waals surface area contributed by atoms with Gasteiger partial charge in [0.1, 0.15) is 23.7 Å². The quantitative estimate of drug-likeness (QED) is 0.459. The number of imide groups is 1. The minimum absolute atomic E-state index is 0.0161. The van der Waals surface area contributed by atoms with Crippen LogP contribution in [0.2, 0.25) is 0 Å². The SMILES string of the molecule is O=C1CC[C@@H](N2Cc3ccc(CNC(=O)OC4CC(n5nccc5C(F)(F)F)C4)c(F)c3C2=O)C(=O)N1. The molecule has 0 unspecified atom stereocenters. The number of hydrogen-bond donors (Lipinski definition) is 2. The molecule has 1 aromatic heterocycles. The summed E-state index contributed by atoms with van der Waals surface area (Å²) in [5.41, 5.74) is -0.667. The molecule has 1 atom stereocenters. The van der Waals surface area contributed by atoms with E-state index in [0.717, 1.165) is 16.9 Å². The lowest BCUT2D eigenvalue weighted by atomic mass is 9.89. The number of nitrogens with one attached hydrogen (secondary N) is 2. The number of carbonyl (C=O) groups excluding carboxylic acids is 4. The van der Waals surface area contributed by atoms with Gasteiger partial charge in [-0.2, -0.15) is 18.3 Å². The van der Waals surface area contributed by atoms with Crippen LogP contribution in [-0.2, 0) is 33.6 Å². The van der Waals surface area contributed by atoms with Crippen LogP contribution in [0.1, 0.15) is 58.9 Å². The summed E-state index contributed by atoms with van der Waals surface area (Å²) in [5.74, 6) is -2.55. The van der Waals surface area contributed by atoms with E-state index in [0.29, 0.717) is 5.56 Å². The molecule has 2 N–H and O–H groups in total. The Bertz CT molecular complexity index is 1290. The van der Waals surface area contributed by atoms with Crippen LogP contribution in [0.25, 0.3) is 0 Å². The summed E-state index contributed by atoms with van der Waals surface area (Å²) in [4.78, 5) is 49.8. The van der Waals surface area contributed by atoms with Crippen molar-refractivity contribution >= 4 is 23.8 Å². The van der Waals surface area contributed by atoms with Gasteiger partial charge in [-0.15, -0.1) is 0 Å². The number of alkyl carbamates (subject to hydrolysis) is 1. The average Bonchev–Trinajstić information content (AvgIpc) is 3.41. The van der Waals surface area contributed by atoms with Gasteiger partial charge in [0, 0.05) is 44.1 Å². The zero-order valence-electron chi connectivity index (χ0n) is 19.2. The molecule has 2 aliphatic heterocycles. The van der Waals surface area contributed by atoms with E-state index in [1.54, 1.807) is 0 Å². The van der Waals surface area contributed by atoms with Crippen LogP contribution in [0.15, 0.2) is 24.4 Å². The van der Waals surface area contributed by atoms with Crippen molar-refractivity contribution in [3.05, 3.63) is 52.6 Å². The molecule has 14 heteroatoms. The van der Waals surface area contributed by atoms with Gasteiger partial charge in [-0.25, -0.2) is 9.18 Å². The Morgan fingerprint density at radius 1 is 1.19 bits per heavy atom. The van der Waals surface area contributed by atoms with Crippen molar-refractivity contribution < 1.29 is 41.5 Å². The van der Waals surface area contributed by atoms with Crippen molar-refractivity contribution in [1.82, 2.24) is 25.3 Å². The smallest absolute Gasteiger partial charge is 0.433 e. The third-order valence-corrected chi connectivity index (χ3v) is 6.78. The van der Waals surface area contributed by atoms with Crippen LogP contribution in [0.5, 0.6) is 0 Å². The van der Waals surface area contributed by atoms with Gasteiger partial charge in [0.2, 0.25) is 11.8 Å². The molecule has 2 fully saturated rings. The second-order valence-corrected chi connectivity index (χ2v) is 9.14. The van der Waals surface area contributed by atoms with Crippen LogP contribution in [0.3, 0.4) is 0 Å². The zero-order chi connectivity index (χ0) is 26.5. The first-order valence-electron chi connectivity index (χ1n) is 11.5. The number of aromatic nitrogens is 2. The van der Waals surface area contributed by atoms with Gasteiger partial charge in [-0.3, -0.25) is 24.4 Å². The molecule has 196 valence electrons. The van der Waals surface area contributed by atoms with Gasteiger partial charge >= 0.3 is 12.3 Å². The maximum Gasteiger partial charge on any atom is 0.433 e. The van der Waals surface area contributed by atoms with Crippen molar-refractivity contribution in [2.24, 2.45) is 0 Å². The molecule has 2 aromatic rings. The summed E-state index contributed by atoms with van der Waals surface area (Å²) in [5, 5.41) is 8.27. The van der Waals surface area contributed by atoms with Crippen molar-refractivity contribution in [2.45, 2.75) is 63.1 Å². The van der Waals surface area contributed by atoms with Crippen molar-refractivity contribution in [3.8, 4) is 0 Å². The highest BCUT2D eigenvalue weighted by Gasteiger charge is 2.42. The van der Waals surface area contributed by atoms with Gasteiger partial charge < -0.3 is 15.0 Å². The Labute approximate surface area is 206 Å². The summed E-state index contributed by atoms with van der Waals surface area (Å²) in [7, 11) is 0. The first-order valence-corrected chi connectivity index (χ1v) is 11.5. The zero-order valence-corrected chi connectivity index (χ0v) is 19.2. The summed E-state index contributed by atoms with van der Waals surface area (Å²) in [6.45, 7) is -0.278. The Hall–Kier alpha value is -3.97. The first-order chi connectivity index (χ1) is 17.5. The molecule has 37 heavy (non-hydrogen) atoms. The maximum absolute atomic E-state index is 15.2. The van der Waals surface area contributed by atoms with Crippen molar-refractivity contribution in [2.75, 3.05) is 0 Å². The van der Waals surface area contributed by atoms with E-state index in [9.17, 15) is 32.3 Å². The largest absolute Gasteiger partial charge is 0.446 e. The molecule has 0 spiro atoms. The fourth-order valence-corrected chi connectivity index (χ4v) is 4.81. The molecule has 0 radical (unpaired) electrons. The van der Waals surface area contributed by atoms with Gasteiger partial charge in [-0.1, -0.05) is 12.1 Å². The highest BCUT2D eigenvalue weighted by atomic mass is 19.4. The number of amides is 4. The van der Waals surface area contributed by atoms with Gasteiger partial charge in [0.15, 0.2) is 0 Å². The predicted octanol–water partition coefficient (Wildman–Crippen LogP) is 2.43. The molecule has 1 saturated heterocycles. The Morgan fingerprint density at radius 3 is 2.65 bits per heavy atom. The number of hydrogen-bond acceptors (Lipinski definition) is 6. The van der Waals surface area contributed by atoms with Gasteiger partial charge in [-0.05, 0) is 18.1 Å². The standard InChI is InChI=1S/C23H21F4N5O5/c24-19-11(1-2-12-10-31(21(35)18(12)19)15-3-4-17(33)30-20(15)34)9-28-22(36)37-14-7-13(8-14)32-16(5-6-29-32)23(25,26)27/h1-2,5-6,13-15H,3-4,7-10H2,(H,28,36)(H,30,33,34)/t13?,14?,15-/m1/s1. The topological polar surface area (TPSA) is 123 Å². The van der Waals surface area contributed by atoms with E-state index >= 15 is 4.39 Å². The Morgan fingerprint density at radius 2 is 1.95 bits per heavy atom. The van der Waals surface area contributed by atoms with Crippen LogP contribution < -0.4 is 10.6 Å². The van der Waals surface area contributed by atoms with E-state index < -0.39 is 59.7 Å². The number of nitrogens with zero attached hydrogens (tertiary/aromatic N) is 3. The number of rotatable bonds is 5. The van der Waals surface area contributed by atoms with Crippen LogP contribution in [-0.4, -0.2) is 50.6 Å². The Balaban J connectivity index is 1.15. The van der Waals surface area contributed by atoms with Gasteiger partial charge in [0.05, 0.1) is 11.6 Å². The summed E-state index contributed by atoms with van der Waals surface area (Å²) in [6.07, 6.45) is -4.47. The maximum atomic E-state index is 15.2. The number of carbonyl (C=O) groups is 4. The van der Waals surface area contributed by atoms with E-state index in [2.05, 4.69) is 15.7 Å². The molecular formula is C23H21F4N5O5. The van der Waals surface area contributed by atoms with Gasteiger partial charge in [0.25, 0.3) is 5.91 Å². The number of benzene rings is 1. The normalized spacial score (nSPS) is 23.4. The number of piperidine rings is 1. The molecule has 4 amide bonds. The fraction of sp³-hybridized carbons (Fsp3) is 0.435. The number of ether oxygens (including phenoxy) is 1. The minimum atomic E-state index is -4.54. The Kier molecular flexibility index (Phi) is 6.12. The van der Waals surface area contributed by atoms with E-state index in [1.807, 2.05) is 0 Å². The number of halogens is 4. The number of fused-ring (bicyclic) bond motifs is 1. The monoisotopic (exact) mass is 523 g/mol. The molecular weight excluding hydrogens is 502 g/mol. The molecule has 5 rings (SSSR count). The van der Waals surface area contributed by atoms with E-state index in [1.165, 1.54) is 17.0 Å². The molecule has 10 nitrogen and oxygen atoms in total. The lowest BCUT2D eigenvalue weighted by Crippen LogP contribution is -2.52. The molecule has 0 bridgehead atoms. The van der Waals surface area contributed by atoms with Crippen molar-refractivity contribution in [1.29, 1.82) is 0 Å². The highest BCUT2D eigenvalue weighted by molar-refractivity contribution is 6.05. The lowest BCUT2D eigenvalue weighted by Gasteiger charge is -2.35. The molecule has 3 aliphatic rings.